The molecule has 0 saturated carbocycles. The van der Waals surface area contributed by atoms with Crippen molar-refractivity contribution in [2.75, 3.05) is 16.8 Å². The molecule has 1 aliphatic heterocycles. The minimum Gasteiger partial charge on any atom is -0.482 e. The van der Waals surface area contributed by atoms with Crippen LogP contribution in [-0.4, -0.2) is 29.4 Å². The van der Waals surface area contributed by atoms with E-state index in [0.717, 1.165) is 0 Å². The monoisotopic (exact) mass is 509 g/mol. The Bertz CT molecular complexity index is 1350. The highest BCUT2D eigenvalue weighted by atomic mass is 35.5. The summed E-state index contributed by atoms with van der Waals surface area (Å²) in [6.07, 6.45) is 1.40. The van der Waals surface area contributed by atoms with Crippen LogP contribution in [0.4, 0.5) is 15.8 Å². The van der Waals surface area contributed by atoms with Gasteiger partial charge in [0, 0.05) is 5.69 Å². The molecule has 1 aliphatic rings. The summed E-state index contributed by atoms with van der Waals surface area (Å²) in [5, 5.41) is 5.26. The molecule has 3 aromatic rings. The van der Waals surface area contributed by atoms with Crippen LogP contribution in [0.1, 0.15) is 5.56 Å². The Labute approximate surface area is 210 Å². The van der Waals surface area contributed by atoms with Gasteiger partial charge in [-0.05, 0) is 72.4 Å². The first kappa shape index (κ1) is 24.1. The minimum absolute atomic E-state index is 0.0101. The normalized spacial score (nSPS) is 14.6. The van der Waals surface area contributed by atoms with Gasteiger partial charge in [0.15, 0.2) is 11.7 Å². The number of nitrogens with zero attached hydrogens (tertiary/aromatic N) is 1. The van der Waals surface area contributed by atoms with Crippen molar-refractivity contribution in [3.63, 3.8) is 0 Å². The SMILES string of the molecule is O=C(COc1ccc(/C=C2/C(=O)NC(=S)N(c3ccccc3)C2=O)cc1Cl)Nc1ccc(F)cc1. The third kappa shape index (κ3) is 5.71. The molecule has 10 heteroatoms. The lowest BCUT2D eigenvalue weighted by atomic mass is 10.1. The van der Waals surface area contributed by atoms with Gasteiger partial charge in [-0.25, -0.2) is 4.39 Å². The lowest BCUT2D eigenvalue weighted by Crippen LogP contribution is -2.54. The van der Waals surface area contributed by atoms with Crippen LogP contribution in [0.15, 0.2) is 78.4 Å². The van der Waals surface area contributed by atoms with Crippen LogP contribution in [0.25, 0.3) is 6.08 Å². The predicted molar refractivity (Wildman–Crippen MR) is 135 cm³/mol. The quantitative estimate of drug-likeness (QED) is 0.293. The zero-order chi connectivity index (χ0) is 24.9. The number of para-hydroxylation sites is 1. The van der Waals surface area contributed by atoms with Crippen molar-refractivity contribution in [3.8, 4) is 5.75 Å². The molecule has 3 amide bonds. The Balaban J connectivity index is 1.46. The summed E-state index contributed by atoms with van der Waals surface area (Å²) in [5.41, 5.74) is 1.30. The van der Waals surface area contributed by atoms with E-state index in [1.165, 1.54) is 47.4 Å². The van der Waals surface area contributed by atoms with Gasteiger partial charge in [0.1, 0.15) is 17.1 Å². The first-order valence-electron chi connectivity index (χ1n) is 10.3. The molecule has 0 radical (unpaired) electrons. The topological polar surface area (TPSA) is 87.7 Å². The van der Waals surface area contributed by atoms with Crippen molar-refractivity contribution >= 4 is 64.1 Å². The van der Waals surface area contributed by atoms with Crippen LogP contribution in [0, 0.1) is 5.82 Å². The fourth-order valence-corrected chi connectivity index (χ4v) is 3.76. The first-order chi connectivity index (χ1) is 16.8. The smallest absolute Gasteiger partial charge is 0.270 e. The fraction of sp³-hybridized carbons (Fsp3) is 0.0400. The largest absolute Gasteiger partial charge is 0.482 e. The van der Waals surface area contributed by atoms with Gasteiger partial charge in [0.2, 0.25) is 0 Å². The molecule has 0 aliphatic carbocycles. The molecule has 176 valence electrons. The van der Waals surface area contributed by atoms with Crippen molar-refractivity contribution in [2.24, 2.45) is 0 Å². The number of thiocarbonyl (C=S) groups is 1. The number of anilines is 2. The summed E-state index contributed by atoms with van der Waals surface area (Å²) in [5.74, 6) is -1.83. The molecule has 7 nitrogen and oxygen atoms in total. The van der Waals surface area contributed by atoms with Gasteiger partial charge in [0.05, 0.1) is 10.7 Å². The Kier molecular flexibility index (Phi) is 7.19. The molecular formula is C25H17ClFN3O4S. The summed E-state index contributed by atoms with van der Waals surface area (Å²) in [7, 11) is 0. The highest BCUT2D eigenvalue weighted by Crippen LogP contribution is 2.28. The second-order valence-electron chi connectivity index (χ2n) is 7.33. The van der Waals surface area contributed by atoms with Crippen LogP contribution in [0.5, 0.6) is 5.75 Å². The van der Waals surface area contributed by atoms with Gasteiger partial charge >= 0.3 is 0 Å². The van der Waals surface area contributed by atoms with Crippen molar-refractivity contribution < 1.29 is 23.5 Å². The Morgan fingerprint density at radius 3 is 2.49 bits per heavy atom. The van der Waals surface area contributed by atoms with Gasteiger partial charge in [0.25, 0.3) is 17.7 Å². The van der Waals surface area contributed by atoms with Gasteiger partial charge < -0.3 is 10.1 Å². The van der Waals surface area contributed by atoms with E-state index in [4.69, 9.17) is 28.6 Å². The van der Waals surface area contributed by atoms with E-state index in [2.05, 4.69) is 10.6 Å². The van der Waals surface area contributed by atoms with E-state index >= 15 is 0 Å². The van der Waals surface area contributed by atoms with Crippen LogP contribution >= 0.6 is 23.8 Å². The maximum absolute atomic E-state index is 13.0. The standard InChI is InChI=1S/C25H17ClFN3O4S/c26-20-13-15(6-11-21(20)34-14-22(31)28-17-9-7-16(27)8-10-17)12-19-23(32)29-25(35)30(24(19)33)18-4-2-1-3-5-18/h1-13H,14H2,(H,28,31)(H,29,32,35)/b19-12-. The predicted octanol–water partition coefficient (Wildman–Crippen LogP) is 4.33. The third-order valence-electron chi connectivity index (χ3n) is 4.87. The lowest BCUT2D eigenvalue weighted by molar-refractivity contribution is -0.122. The molecule has 0 aromatic heterocycles. The number of halogens is 2. The van der Waals surface area contributed by atoms with Crippen molar-refractivity contribution in [1.29, 1.82) is 0 Å². The van der Waals surface area contributed by atoms with Crippen LogP contribution < -0.4 is 20.3 Å². The van der Waals surface area contributed by atoms with Crippen molar-refractivity contribution in [3.05, 3.63) is 94.8 Å². The molecule has 0 spiro atoms. The zero-order valence-electron chi connectivity index (χ0n) is 18.0. The van der Waals surface area contributed by atoms with Gasteiger partial charge in [-0.1, -0.05) is 35.9 Å². The maximum atomic E-state index is 13.0. The van der Waals surface area contributed by atoms with Crippen LogP contribution in [-0.2, 0) is 14.4 Å². The number of ether oxygens (including phenoxy) is 1. The zero-order valence-corrected chi connectivity index (χ0v) is 19.5. The molecule has 1 heterocycles. The summed E-state index contributed by atoms with van der Waals surface area (Å²) in [6, 6.07) is 18.6. The second-order valence-corrected chi connectivity index (χ2v) is 8.12. The number of hydrogen-bond donors (Lipinski definition) is 2. The summed E-state index contributed by atoms with van der Waals surface area (Å²) in [4.78, 5) is 38.8. The number of amides is 3. The molecule has 0 atom stereocenters. The molecule has 0 unspecified atom stereocenters. The average molecular weight is 510 g/mol. The van der Waals surface area contributed by atoms with Gasteiger partial charge in [-0.2, -0.15) is 0 Å². The molecule has 4 rings (SSSR count). The Hall–Kier alpha value is -4.08. The number of carbonyl (C=O) groups excluding carboxylic acids is 3. The molecule has 2 N–H and O–H groups in total. The van der Waals surface area contributed by atoms with Crippen LogP contribution in [0.3, 0.4) is 0 Å². The third-order valence-corrected chi connectivity index (χ3v) is 5.45. The summed E-state index contributed by atoms with van der Waals surface area (Å²) < 4.78 is 18.4. The van der Waals surface area contributed by atoms with Crippen molar-refractivity contribution in [1.82, 2.24) is 5.32 Å². The van der Waals surface area contributed by atoms with E-state index in [9.17, 15) is 18.8 Å². The van der Waals surface area contributed by atoms with Gasteiger partial charge in [-0.15, -0.1) is 0 Å². The summed E-state index contributed by atoms with van der Waals surface area (Å²) in [6.45, 7) is -0.331. The maximum Gasteiger partial charge on any atom is 0.270 e. The number of hydrogen-bond acceptors (Lipinski definition) is 5. The number of rotatable bonds is 6. The van der Waals surface area contributed by atoms with E-state index in [0.29, 0.717) is 16.9 Å². The van der Waals surface area contributed by atoms with E-state index < -0.39 is 23.5 Å². The molecule has 35 heavy (non-hydrogen) atoms. The van der Waals surface area contributed by atoms with Crippen LogP contribution in [0.2, 0.25) is 5.02 Å². The molecule has 1 saturated heterocycles. The van der Waals surface area contributed by atoms with E-state index in [1.807, 2.05) is 0 Å². The average Bonchev–Trinajstić information content (AvgIpc) is 2.83. The first-order valence-corrected chi connectivity index (χ1v) is 11.0. The van der Waals surface area contributed by atoms with E-state index in [-0.39, 0.29) is 28.1 Å². The Morgan fingerprint density at radius 2 is 1.80 bits per heavy atom. The Morgan fingerprint density at radius 1 is 1.09 bits per heavy atom. The minimum atomic E-state index is -0.624. The number of carbonyl (C=O) groups is 3. The second kappa shape index (κ2) is 10.5. The molecule has 0 bridgehead atoms. The summed E-state index contributed by atoms with van der Waals surface area (Å²) >= 11 is 11.5. The molecular weight excluding hydrogens is 493 g/mol. The fourth-order valence-electron chi connectivity index (χ4n) is 3.23. The van der Waals surface area contributed by atoms with Gasteiger partial charge in [-0.3, -0.25) is 24.6 Å². The number of nitrogens with one attached hydrogen (secondary N) is 2. The molecule has 3 aromatic carbocycles. The van der Waals surface area contributed by atoms with Crippen molar-refractivity contribution in [2.45, 2.75) is 0 Å². The van der Waals surface area contributed by atoms with E-state index in [1.54, 1.807) is 36.4 Å². The highest BCUT2D eigenvalue weighted by molar-refractivity contribution is 7.80. The molecule has 1 fully saturated rings. The highest BCUT2D eigenvalue weighted by Gasteiger charge is 2.34. The number of benzene rings is 3. The lowest BCUT2D eigenvalue weighted by Gasteiger charge is -2.28.